The van der Waals surface area contributed by atoms with Crippen LogP contribution in [0.15, 0.2) is 39.0 Å². The summed E-state index contributed by atoms with van der Waals surface area (Å²) in [4.78, 5) is 5.05. The third-order valence-corrected chi connectivity index (χ3v) is 6.41. The number of benzene rings is 1. The monoisotopic (exact) mass is 455 g/mol. The Morgan fingerprint density at radius 1 is 0.759 bits per heavy atom. The van der Waals surface area contributed by atoms with Crippen molar-refractivity contribution in [2.24, 2.45) is 21.1 Å². The molecule has 0 spiro atoms. The highest BCUT2D eigenvalue weighted by Crippen LogP contribution is 2.45. The van der Waals surface area contributed by atoms with Crippen LogP contribution in [-0.2, 0) is 12.8 Å². The summed E-state index contributed by atoms with van der Waals surface area (Å²) in [5, 5.41) is 27.1. The fourth-order valence-corrected chi connectivity index (χ4v) is 5.02. The minimum Gasteiger partial charge on any atom is -0.411 e. The van der Waals surface area contributed by atoms with Crippen LogP contribution in [0.2, 0.25) is 0 Å². The third-order valence-electron chi connectivity index (χ3n) is 5.88. The maximum atomic E-state index is 9.87. The molecule has 0 radical (unpaired) electrons. The van der Waals surface area contributed by atoms with Crippen LogP contribution in [0, 0.1) is 10.8 Å². The molecule has 0 aliphatic heterocycles. The van der Waals surface area contributed by atoms with Crippen molar-refractivity contribution in [3.05, 3.63) is 51.3 Å². The molecule has 1 aromatic carbocycles. The molecular weight excluding hydrogens is 430 g/mol. The van der Waals surface area contributed by atoms with Crippen molar-refractivity contribution in [2.75, 3.05) is 0 Å². The second-order valence-corrected chi connectivity index (χ2v) is 10.7. The zero-order valence-corrected chi connectivity index (χ0v) is 18.8. The second kappa shape index (κ2) is 6.94. The van der Waals surface area contributed by atoms with E-state index in [4.69, 9.17) is 4.98 Å². The fraction of sp³-hybridized carbons (Fsp3) is 0.435. The molecule has 4 rings (SSSR count). The SMILES string of the molecule is CC1(C)C/C(=N\O)c2c(nc3c(c2-c2ccc(Br)cc2)/C(=N/O)CC(C)(C)C3)C1. The zero-order chi connectivity index (χ0) is 21.0. The van der Waals surface area contributed by atoms with Crippen LogP contribution in [0.1, 0.15) is 63.1 Å². The summed E-state index contributed by atoms with van der Waals surface area (Å²) in [6.07, 6.45) is 2.95. The molecule has 1 heterocycles. The summed E-state index contributed by atoms with van der Waals surface area (Å²) in [5.74, 6) is 0. The largest absolute Gasteiger partial charge is 0.411 e. The number of rotatable bonds is 1. The summed E-state index contributed by atoms with van der Waals surface area (Å²) in [6.45, 7) is 8.69. The maximum Gasteiger partial charge on any atom is 0.0898 e. The molecule has 0 amide bonds. The van der Waals surface area contributed by atoms with Gasteiger partial charge in [0.25, 0.3) is 0 Å². The molecule has 5 nitrogen and oxygen atoms in total. The van der Waals surface area contributed by atoms with E-state index in [1.54, 1.807) is 0 Å². The molecule has 2 aliphatic rings. The van der Waals surface area contributed by atoms with Gasteiger partial charge in [0.15, 0.2) is 0 Å². The van der Waals surface area contributed by atoms with Gasteiger partial charge in [-0.05, 0) is 54.2 Å². The summed E-state index contributed by atoms with van der Waals surface area (Å²) in [5.41, 5.74) is 6.87. The highest BCUT2D eigenvalue weighted by Gasteiger charge is 2.39. The molecule has 1 aromatic heterocycles. The summed E-state index contributed by atoms with van der Waals surface area (Å²) >= 11 is 3.51. The first-order valence-corrected chi connectivity index (χ1v) is 10.7. The summed E-state index contributed by atoms with van der Waals surface area (Å²) < 4.78 is 0.993. The fourth-order valence-electron chi connectivity index (χ4n) is 4.76. The van der Waals surface area contributed by atoms with Crippen LogP contribution in [-0.4, -0.2) is 26.8 Å². The Hall–Kier alpha value is -2.21. The Morgan fingerprint density at radius 3 is 1.62 bits per heavy atom. The van der Waals surface area contributed by atoms with Gasteiger partial charge < -0.3 is 10.4 Å². The average molecular weight is 456 g/mol. The molecule has 0 saturated heterocycles. The van der Waals surface area contributed by atoms with Crippen molar-refractivity contribution in [1.29, 1.82) is 0 Å². The van der Waals surface area contributed by atoms with Crippen molar-refractivity contribution in [2.45, 2.75) is 53.4 Å². The van der Waals surface area contributed by atoms with Crippen LogP contribution >= 0.6 is 15.9 Å². The van der Waals surface area contributed by atoms with E-state index in [1.807, 2.05) is 24.3 Å². The van der Waals surface area contributed by atoms with Crippen LogP contribution in [0.3, 0.4) is 0 Å². The highest BCUT2D eigenvalue weighted by molar-refractivity contribution is 9.10. The van der Waals surface area contributed by atoms with Crippen molar-refractivity contribution >= 4 is 27.4 Å². The van der Waals surface area contributed by atoms with Crippen molar-refractivity contribution in [1.82, 2.24) is 4.98 Å². The van der Waals surface area contributed by atoms with Gasteiger partial charge >= 0.3 is 0 Å². The first kappa shape index (κ1) is 20.1. The lowest BCUT2D eigenvalue weighted by Gasteiger charge is -2.37. The number of pyridine rings is 1. The molecule has 2 aromatic rings. The van der Waals surface area contributed by atoms with Gasteiger partial charge in [0.1, 0.15) is 0 Å². The molecule has 0 unspecified atom stereocenters. The number of hydrogen-bond donors (Lipinski definition) is 2. The third kappa shape index (κ3) is 3.59. The van der Waals surface area contributed by atoms with E-state index in [-0.39, 0.29) is 10.8 Å². The topological polar surface area (TPSA) is 78.1 Å². The molecule has 6 heteroatoms. The van der Waals surface area contributed by atoms with E-state index >= 15 is 0 Å². The van der Waals surface area contributed by atoms with Gasteiger partial charge in [-0.2, -0.15) is 0 Å². The second-order valence-electron chi connectivity index (χ2n) is 9.77. The smallest absolute Gasteiger partial charge is 0.0898 e. The van der Waals surface area contributed by atoms with Crippen molar-refractivity contribution in [3.8, 4) is 11.1 Å². The van der Waals surface area contributed by atoms with Gasteiger partial charge in [-0.3, -0.25) is 4.98 Å². The molecule has 2 aliphatic carbocycles. The van der Waals surface area contributed by atoms with E-state index in [1.165, 1.54) is 0 Å². The Kier molecular flexibility index (Phi) is 4.80. The number of oxime groups is 2. The Bertz CT molecular complexity index is 979. The minimum atomic E-state index is -0.0368. The van der Waals surface area contributed by atoms with Crippen molar-refractivity contribution in [3.63, 3.8) is 0 Å². The number of aromatic nitrogens is 1. The normalized spacial score (nSPS) is 22.4. The van der Waals surface area contributed by atoms with Gasteiger partial charge in [0.2, 0.25) is 0 Å². The Morgan fingerprint density at radius 2 is 1.21 bits per heavy atom. The van der Waals surface area contributed by atoms with Crippen LogP contribution in [0.25, 0.3) is 11.1 Å². The predicted molar refractivity (Wildman–Crippen MR) is 118 cm³/mol. The van der Waals surface area contributed by atoms with Crippen LogP contribution in [0.4, 0.5) is 0 Å². The molecule has 29 heavy (non-hydrogen) atoms. The first-order chi connectivity index (χ1) is 13.6. The zero-order valence-electron chi connectivity index (χ0n) is 17.3. The number of fused-ring (bicyclic) bond motifs is 2. The first-order valence-electron chi connectivity index (χ1n) is 9.88. The lowest BCUT2D eigenvalue weighted by Crippen LogP contribution is -2.34. The number of nitrogens with zero attached hydrogens (tertiary/aromatic N) is 3. The van der Waals surface area contributed by atoms with Gasteiger partial charge in [-0.15, -0.1) is 0 Å². The van der Waals surface area contributed by atoms with Gasteiger partial charge in [-0.25, -0.2) is 0 Å². The minimum absolute atomic E-state index is 0.0368. The predicted octanol–water partition coefficient (Wildman–Crippen LogP) is 5.81. The number of halogens is 1. The van der Waals surface area contributed by atoms with E-state index in [2.05, 4.69) is 53.9 Å². The van der Waals surface area contributed by atoms with E-state index in [0.717, 1.165) is 51.0 Å². The van der Waals surface area contributed by atoms with Gasteiger partial charge in [0.05, 0.1) is 22.8 Å². The molecule has 2 N–H and O–H groups in total. The van der Waals surface area contributed by atoms with Crippen LogP contribution in [0.5, 0.6) is 0 Å². The van der Waals surface area contributed by atoms with E-state index in [0.29, 0.717) is 24.3 Å². The standard InChI is InChI=1S/C23H26BrN3O2/c1-22(2)9-15-20(17(11-22)26-28)19(13-5-7-14(24)8-6-13)21-16(25-15)10-23(3,4)12-18(21)27-29/h5-8,28-29H,9-12H2,1-4H3/b26-17+,27-18+. The van der Waals surface area contributed by atoms with Crippen LogP contribution < -0.4 is 0 Å². The quantitative estimate of drug-likeness (QED) is 0.420. The molecule has 0 saturated carbocycles. The van der Waals surface area contributed by atoms with Gasteiger partial charge in [0, 0.05) is 21.2 Å². The molecule has 0 bridgehead atoms. The average Bonchev–Trinajstić information content (AvgIpc) is 2.64. The Labute approximate surface area is 179 Å². The maximum absolute atomic E-state index is 9.87. The highest BCUT2D eigenvalue weighted by atomic mass is 79.9. The molecular formula is C23H26BrN3O2. The van der Waals surface area contributed by atoms with E-state index < -0.39 is 0 Å². The van der Waals surface area contributed by atoms with Gasteiger partial charge in [-0.1, -0.05) is 66.1 Å². The molecule has 0 atom stereocenters. The van der Waals surface area contributed by atoms with E-state index in [9.17, 15) is 10.4 Å². The number of hydrogen-bond acceptors (Lipinski definition) is 5. The lowest BCUT2D eigenvalue weighted by molar-refractivity contribution is 0.303. The summed E-state index contributed by atoms with van der Waals surface area (Å²) in [6, 6.07) is 8.09. The Balaban J connectivity index is 2.10. The molecule has 0 fully saturated rings. The summed E-state index contributed by atoms with van der Waals surface area (Å²) in [7, 11) is 0. The van der Waals surface area contributed by atoms with Crippen molar-refractivity contribution < 1.29 is 10.4 Å². The lowest BCUT2D eigenvalue weighted by atomic mass is 9.69. The molecule has 152 valence electrons.